The summed E-state index contributed by atoms with van der Waals surface area (Å²) in [5.74, 6) is -0.640. The maximum absolute atomic E-state index is 10.6. The van der Waals surface area contributed by atoms with E-state index < -0.39 is 12.0 Å². The third-order valence-electron chi connectivity index (χ3n) is 0.918. The van der Waals surface area contributed by atoms with Crippen LogP contribution in [0.4, 0.5) is 4.79 Å². The summed E-state index contributed by atoms with van der Waals surface area (Å²) in [7, 11) is 0. The third kappa shape index (κ3) is 5.23. The molecule has 0 unspecified atom stereocenters. The highest BCUT2D eigenvalue weighted by Gasteiger charge is 2.06. The van der Waals surface area contributed by atoms with E-state index in [1.54, 1.807) is 6.07 Å². The SMILES string of the molecule is CCCOC(=O)NC(=O)CC#N. The van der Waals surface area contributed by atoms with Crippen LogP contribution in [0.25, 0.3) is 0 Å². The second kappa shape index (κ2) is 6.16. The quantitative estimate of drug-likeness (QED) is 0.671. The van der Waals surface area contributed by atoms with Crippen LogP contribution in [0.2, 0.25) is 0 Å². The van der Waals surface area contributed by atoms with Crippen molar-refractivity contribution in [2.45, 2.75) is 19.8 Å². The summed E-state index contributed by atoms with van der Waals surface area (Å²) in [5.41, 5.74) is 0. The molecule has 0 aromatic carbocycles. The normalized spacial score (nSPS) is 8.33. The van der Waals surface area contributed by atoms with Crippen molar-refractivity contribution in [2.24, 2.45) is 0 Å². The largest absolute Gasteiger partial charge is 0.449 e. The number of carbonyl (C=O) groups excluding carboxylic acids is 2. The van der Waals surface area contributed by atoms with Crippen molar-refractivity contribution in [2.75, 3.05) is 6.61 Å². The molecule has 0 saturated carbocycles. The molecule has 66 valence electrons. The molecule has 12 heavy (non-hydrogen) atoms. The molecule has 0 spiro atoms. The summed E-state index contributed by atoms with van der Waals surface area (Å²) in [6.45, 7) is 2.11. The van der Waals surface area contributed by atoms with Crippen molar-refractivity contribution in [3.8, 4) is 6.07 Å². The van der Waals surface area contributed by atoms with Gasteiger partial charge in [-0.3, -0.25) is 10.1 Å². The van der Waals surface area contributed by atoms with E-state index in [2.05, 4.69) is 4.74 Å². The van der Waals surface area contributed by atoms with Crippen LogP contribution in [0, 0.1) is 11.3 Å². The van der Waals surface area contributed by atoms with E-state index in [0.29, 0.717) is 6.42 Å². The summed E-state index contributed by atoms with van der Waals surface area (Å²) < 4.78 is 4.53. The van der Waals surface area contributed by atoms with E-state index in [9.17, 15) is 9.59 Å². The molecule has 2 amide bonds. The van der Waals surface area contributed by atoms with Crippen molar-refractivity contribution in [3.05, 3.63) is 0 Å². The van der Waals surface area contributed by atoms with Crippen molar-refractivity contribution in [1.29, 1.82) is 5.26 Å². The van der Waals surface area contributed by atoms with Gasteiger partial charge in [0.15, 0.2) is 0 Å². The summed E-state index contributed by atoms with van der Waals surface area (Å²) in [6.07, 6.45) is -0.432. The first kappa shape index (κ1) is 10.4. The number of rotatable bonds is 3. The van der Waals surface area contributed by atoms with Crippen LogP contribution >= 0.6 is 0 Å². The number of nitrogens with one attached hydrogen (secondary N) is 1. The Balaban J connectivity index is 3.56. The molecule has 5 nitrogen and oxygen atoms in total. The monoisotopic (exact) mass is 170 g/mol. The molecule has 1 N–H and O–H groups in total. The molecule has 0 aliphatic rings. The molecule has 0 aliphatic heterocycles. The minimum atomic E-state index is -0.794. The van der Waals surface area contributed by atoms with Gasteiger partial charge in [-0.15, -0.1) is 0 Å². The van der Waals surface area contributed by atoms with Gasteiger partial charge in [-0.05, 0) is 6.42 Å². The van der Waals surface area contributed by atoms with Gasteiger partial charge in [-0.1, -0.05) is 6.92 Å². The molecule has 5 heteroatoms. The summed E-state index contributed by atoms with van der Waals surface area (Å²) in [5, 5.41) is 9.96. The standard InChI is InChI=1S/C7H10N2O3/c1-2-5-12-7(11)9-6(10)3-4-8/h2-3,5H2,1H3,(H,9,10,11). The highest BCUT2D eigenvalue weighted by molar-refractivity contribution is 5.92. The van der Waals surface area contributed by atoms with Crippen molar-refractivity contribution in [1.82, 2.24) is 5.32 Å². The van der Waals surface area contributed by atoms with Gasteiger partial charge in [-0.25, -0.2) is 4.79 Å². The Hall–Kier alpha value is -1.57. The molecule has 0 rings (SSSR count). The minimum Gasteiger partial charge on any atom is -0.449 e. The Bertz CT molecular complexity index is 207. The van der Waals surface area contributed by atoms with E-state index in [1.165, 1.54) is 0 Å². The van der Waals surface area contributed by atoms with Crippen LogP contribution in [0.1, 0.15) is 19.8 Å². The summed E-state index contributed by atoms with van der Waals surface area (Å²) in [6, 6.07) is 1.61. The minimum absolute atomic E-state index is 0.270. The Kier molecular flexibility index (Phi) is 5.35. The van der Waals surface area contributed by atoms with E-state index in [1.807, 2.05) is 12.2 Å². The Morgan fingerprint density at radius 1 is 1.58 bits per heavy atom. The van der Waals surface area contributed by atoms with E-state index >= 15 is 0 Å². The average Bonchev–Trinajstić information content (AvgIpc) is 2.01. The molecule has 0 aromatic rings. The van der Waals surface area contributed by atoms with Crippen molar-refractivity contribution in [3.63, 3.8) is 0 Å². The molecule has 0 saturated heterocycles. The number of alkyl carbamates (subject to hydrolysis) is 1. The molecule has 0 atom stereocenters. The molecule has 0 heterocycles. The number of nitrogens with zero attached hydrogens (tertiary/aromatic N) is 1. The maximum Gasteiger partial charge on any atom is 0.413 e. The number of hydrogen-bond acceptors (Lipinski definition) is 4. The second-order valence-electron chi connectivity index (χ2n) is 2.02. The van der Waals surface area contributed by atoms with Crippen LogP contribution in [-0.4, -0.2) is 18.6 Å². The number of amides is 2. The first-order valence-corrected chi connectivity index (χ1v) is 3.54. The molecule has 0 aliphatic carbocycles. The van der Waals surface area contributed by atoms with Crippen LogP contribution in [0.3, 0.4) is 0 Å². The topological polar surface area (TPSA) is 79.2 Å². The molecule has 0 fully saturated rings. The smallest absolute Gasteiger partial charge is 0.413 e. The fourth-order valence-corrected chi connectivity index (χ4v) is 0.461. The van der Waals surface area contributed by atoms with E-state index in [0.717, 1.165) is 0 Å². The highest BCUT2D eigenvalue weighted by atomic mass is 16.5. The number of nitriles is 1. The zero-order valence-electron chi connectivity index (χ0n) is 6.79. The molecular formula is C7H10N2O3. The average molecular weight is 170 g/mol. The highest BCUT2D eigenvalue weighted by Crippen LogP contribution is 1.83. The van der Waals surface area contributed by atoms with Gasteiger partial charge in [0, 0.05) is 0 Å². The summed E-state index contributed by atoms with van der Waals surface area (Å²) >= 11 is 0. The van der Waals surface area contributed by atoms with Crippen LogP contribution < -0.4 is 5.32 Å². The fraction of sp³-hybridized carbons (Fsp3) is 0.571. The van der Waals surface area contributed by atoms with Gasteiger partial charge in [0.05, 0.1) is 12.7 Å². The maximum atomic E-state index is 10.6. The number of hydrogen-bond donors (Lipinski definition) is 1. The lowest BCUT2D eigenvalue weighted by molar-refractivity contribution is -0.119. The van der Waals surface area contributed by atoms with Gasteiger partial charge in [0.1, 0.15) is 6.42 Å². The second-order valence-corrected chi connectivity index (χ2v) is 2.02. The first-order chi connectivity index (χ1) is 5.70. The van der Waals surface area contributed by atoms with E-state index in [-0.39, 0.29) is 13.0 Å². The van der Waals surface area contributed by atoms with Crippen LogP contribution in [-0.2, 0) is 9.53 Å². The predicted octanol–water partition coefficient (Wildman–Crippen LogP) is 0.563. The molecule has 0 aromatic heterocycles. The first-order valence-electron chi connectivity index (χ1n) is 3.54. The number of imide groups is 1. The zero-order chi connectivity index (χ0) is 9.40. The number of carbonyl (C=O) groups is 2. The Morgan fingerprint density at radius 2 is 2.25 bits per heavy atom. The molecule has 0 bridgehead atoms. The van der Waals surface area contributed by atoms with Gasteiger partial charge in [0.25, 0.3) is 0 Å². The predicted molar refractivity (Wildman–Crippen MR) is 40.0 cm³/mol. The van der Waals surface area contributed by atoms with Gasteiger partial charge >= 0.3 is 6.09 Å². The number of ether oxygens (including phenoxy) is 1. The lowest BCUT2D eigenvalue weighted by Gasteiger charge is -2.01. The van der Waals surface area contributed by atoms with Crippen LogP contribution in [0.15, 0.2) is 0 Å². The van der Waals surface area contributed by atoms with Gasteiger partial charge in [0.2, 0.25) is 5.91 Å². The van der Waals surface area contributed by atoms with Gasteiger partial charge < -0.3 is 4.74 Å². The molecule has 0 radical (unpaired) electrons. The Labute approximate surface area is 70.3 Å². The van der Waals surface area contributed by atoms with Crippen molar-refractivity contribution >= 4 is 12.0 Å². The Morgan fingerprint density at radius 3 is 2.75 bits per heavy atom. The van der Waals surface area contributed by atoms with Crippen LogP contribution in [0.5, 0.6) is 0 Å². The van der Waals surface area contributed by atoms with Crippen molar-refractivity contribution < 1.29 is 14.3 Å². The van der Waals surface area contributed by atoms with E-state index in [4.69, 9.17) is 5.26 Å². The lowest BCUT2D eigenvalue weighted by Crippen LogP contribution is -2.30. The summed E-state index contributed by atoms with van der Waals surface area (Å²) in [4.78, 5) is 21.2. The fourth-order valence-electron chi connectivity index (χ4n) is 0.461. The third-order valence-corrected chi connectivity index (χ3v) is 0.918. The zero-order valence-corrected chi connectivity index (χ0v) is 6.79. The lowest BCUT2D eigenvalue weighted by atomic mass is 10.4. The molecular weight excluding hydrogens is 160 g/mol. The van der Waals surface area contributed by atoms with Gasteiger partial charge in [-0.2, -0.15) is 5.26 Å².